The van der Waals surface area contributed by atoms with Crippen molar-refractivity contribution in [3.63, 3.8) is 0 Å². The first kappa shape index (κ1) is 36.5. The van der Waals surface area contributed by atoms with Crippen molar-refractivity contribution in [3.05, 3.63) is 249 Å². The number of rotatable bonds is 7. The summed E-state index contributed by atoms with van der Waals surface area (Å²) in [7, 11) is -3.09. The molecule has 4 heteroatoms. The molecule has 3 aromatic heterocycles. The van der Waals surface area contributed by atoms with Crippen LogP contribution in [0, 0.1) is 0 Å². The summed E-state index contributed by atoms with van der Waals surface area (Å²) < 4.78 is 7.35. The Kier molecular flexibility index (Phi) is 8.23. The van der Waals surface area contributed by atoms with E-state index in [-0.39, 0.29) is 0 Å². The van der Waals surface area contributed by atoms with Gasteiger partial charge in [0.15, 0.2) is 8.07 Å². The number of aromatic nitrogens is 3. The third-order valence-electron chi connectivity index (χ3n) is 13.6. The molecule has 0 bridgehead atoms. The minimum Gasteiger partial charge on any atom is -0.309 e. The molecule has 0 saturated heterocycles. The van der Waals surface area contributed by atoms with Crippen molar-refractivity contribution < 1.29 is 0 Å². The van der Waals surface area contributed by atoms with Gasteiger partial charge in [-0.1, -0.05) is 182 Å². The second kappa shape index (κ2) is 14.5. The van der Waals surface area contributed by atoms with Gasteiger partial charge in [0.1, 0.15) is 0 Å². The molecule has 0 spiro atoms. The highest BCUT2D eigenvalue weighted by Gasteiger charge is 2.43. The third kappa shape index (κ3) is 5.27. The van der Waals surface area contributed by atoms with Gasteiger partial charge in [0.25, 0.3) is 0 Å². The molecule has 0 aliphatic carbocycles. The maximum Gasteiger partial charge on any atom is 0.180 e. The van der Waals surface area contributed by atoms with Crippen LogP contribution in [0.5, 0.6) is 0 Å². The molecule has 0 fully saturated rings. The SMILES string of the molecule is c1ccc(-n2c3ccccc3c3cc([Si](c4ccccc4)(c4ccccc4)c4cccc5c4c4ccccc4n5-c4ccc5c6ccccc6n(-c6ccccc6)c5c4)ccc32)cc1. The Hall–Kier alpha value is -8.18. The average Bonchev–Trinajstić information content (AvgIpc) is 4.01. The molecular weight excluding hydrogens is 791 g/mol. The molecule has 13 rings (SSSR count). The van der Waals surface area contributed by atoms with E-state index in [1.807, 2.05) is 0 Å². The number of fused-ring (bicyclic) bond motifs is 9. The first-order valence-electron chi connectivity index (χ1n) is 22.1. The zero-order chi connectivity index (χ0) is 42.2. The Morgan fingerprint density at radius 3 is 1.28 bits per heavy atom. The fraction of sp³-hybridized carbons (Fsp3) is 0. The summed E-state index contributed by atoms with van der Waals surface area (Å²) in [6.45, 7) is 0. The Morgan fingerprint density at radius 2 is 0.672 bits per heavy atom. The molecule has 0 amide bonds. The standard InChI is InChI=1S/C60H41N3Si/c1-5-20-42(21-6-1)61-54-32-17-14-29-49(54)52-41-47(37-39-56(52)61)64(45-24-9-3-10-25-45,46-26-11-4-12-27-46)59-35-19-34-57-60(59)51-30-15-18-33-55(51)63(57)44-36-38-50-48-28-13-16-31-53(48)62(58(50)40-44)43-22-7-2-8-23-43/h1-41H. The van der Waals surface area contributed by atoms with Gasteiger partial charge in [-0.2, -0.15) is 0 Å². The van der Waals surface area contributed by atoms with Crippen LogP contribution >= 0.6 is 0 Å². The molecule has 3 nitrogen and oxygen atoms in total. The normalized spacial score (nSPS) is 12.1. The first-order valence-corrected chi connectivity index (χ1v) is 24.1. The predicted molar refractivity (Wildman–Crippen MR) is 273 cm³/mol. The van der Waals surface area contributed by atoms with Crippen molar-refractivity contribution in [2.24, 2.45) is 0 Å². The Labute approximate surface area is 372 Å². The fourth-order valence-corrected chi connectivity index (χ4v) is 16.0. The molecule has 0 aliphatic heterocycles. The lowest BCUT2D eigenvalue weighted by Crippen LogP contribution is -2.74. The molecule has 10 aromatic carbocycles. The summed E-state index contributed by atoms with van der Waals surface area (Å²) in [5, 5.41) is 13.0. The van der Waals surface area contributed by atoms with Crippen LogP contribution in [0.4, 0.5) is 0 Å². The van der Waals surface area contributed by atoms with Gasteiger partial charge in [0.05, 0.1) is 33.1 Å². The van der Waals surface area contributed by atoms with E-state index in [1.54, 1.807) is 0 Å². The molecule has 300 valence electrons. The average molecular weight is 832 g/mol. The smallest absolute Gasteiger partial charge is 0.180 e. The van der Waals surface area contributed by atoms with E-state index in [1.165, 1.54) is 86.2 Å². The monoisotopic (exact) mass is 831 g/mol. The number of hydrogen-bond donors (Lipinski definition) is 0. The minimum absolute atomic E-state index is 1.14. The highest BCUT2D eigenvalue weighted by atomic mass is 28.3. The van der Waals surface area contributed by atoms with Crippen LogP contribution in [0.1, 0.15) is 0 Å². The summed E-state index contributed by atoms with van der Waals surface area (Å²) in [4.78, 5) is 0. The van der Waals surface area contributed by atoms with Gasteiger partial charge in [-0.3, -0.25) is 0 Å². The van der Waals surface area contributed by atoms with E-state index in [0.717, 1.165) is 17.1 Å². The number of benzene rings is 10. The van der Waals surface area contributed by atoms with E-state index in [9.17, 15) is 0 Å². The van der Waals surface area contributed by atoms with Crippen LogP contribution in [0.2, 0.25) is 0 Å². The van der Waals surface area contributed by atoms with Crippen LogP contribution in [-0.2, 0) is 0 Å². The first-order chi connectivity index (χ1) is 31.8. The van der Waals surface area contributed by atoms with Crippen LogP contribution in [0.15, 0.2) is 249 Å². The largest absolute Gasteiger partial charge is 0.309 e. The molecule has 0 atom stereocenters. The van der Waals surface area contributed by atoms with Crippen molar-refractivity contribution in [1.82, 2.24) is 13.7 Å². The van der Waals surface area contributed by atoms with Crippen LogP contribution in [0.25, 0.3) is 82.5 Å². The van der Waals surface area contributed by atoms with E-state index in [2.05, 4.69) is 262 Å². The zero-order valence-corrected chi connectivity index (χ0v) is 36.0. The highest BCUT2D eigenvalue weighted by Crippen LogP contribution is 2.38. The molecule has 3 heterocycles. The van der Waals surface area contributed by atoms with E-state index >= 15 is 0 Å². The van der Waals surface area contributed by atoms with Crippen molar-refractivity contribution >= 4 is 94.2 Å². The quantitative estimate of drug-likeness (QED) is 0.112. The lowest BCUT2D eigenvalue weighted by Gasteiger charge is -2.35. The Balaban J connectivity index is 1.14. The van der Waals surface area contributed by atoms with Crippen LogP contribution in [0.3, 0.4) is 0 Å². The molecule has 64 heavy (non-hydrogen) atoms. The fourth-order valence-electron chi connectivity index (χ4n) is 11.0. The third-order valence-corrected chi connectivity index (χ3v) is 18.4. The summed E-state index contributed by atoms with van der Waals surface area (Å²) in [6.07, 6.45) is 0. The van der Waals surface area contributed by atoms with Crippen molar-refractivity contribution in [1.29, 1.82) is 0 Å². The van der Waals surface area contributed by atoms with E-state index < -0.39 is 8.07 Å². The van der Waals surface area contributed by atoms with Crippen molar-refractivity contribution in [3.8, 4) is 17.1 Å². The van der Waals surface area contributed by atoms with Gasteiger partial charge in [0.2, 0.25) is 0 Å². The van der Waals surface area contributed by atoms with Crippen LogP contribution < -0.4 is 20.7 Å². The molecule has 0 unspecified atom stereocenters. The number of nitrogens with zero attached hydrogens (tertiary/aromatic N) is 3. The molecule has 13 aromatic rings. The van der Waals surface area contributed by atoms with Crippen LogP contribution in [-0.4, -0.2) is 21.8 Å². The molecule has 0 aliphatic rings. The predicted octanol–water partition coefficient (Wildman–Crippen LogP) is 12.4. The van der Waals surface area contributed by atoms with E-state index in [0.29, 0.717) is 0 Å². The minimum atomic E-state index is -3.09. The lowest BCUT2D eigenvalue weighted by molar-refractivity contribution is 1.15. The van der Waals surface area contributed by atoms with Crippen molar-refractivity contribution in [2.75, 3.05) is 0 Å². The summed E-state index contributed by atoms with van der Waals surface area (Å²) in [5.41, 5.74) is 10.7. The second-order valence-electron chi connectivity index (χ2n) is 16.8. The lowest BCUT2D eigenvalue weighted by atomic mass is 10.1. The van der Waals surface area contributed by atoms with Crippen molar-refractivity contribution in [2.45, 2.75) is 0 Å². The maximum atomic E-state index is 2.54. The molecule has 0 radical (unpaired) electrons. The Morgan fingerprint density at radius 1 is 0.234 bits per heavy atom. The summed E-state index contributed by atoms with van der Waals surface area (Å²) >= 11 is 0. The van der Waals surface area contributed by atoms with E-state index in [4.69, 9.17) is 0 Å². The van der Waals surface area contributed by atoms with Gasteiger partial charge in [0, 0.05) is 49.4 Å². The van der Waals surface area contributed by atoms with Gasteiger partial charge in [-0.05, 0) is 87.5 Å². The van der Waals surface area contributed by atoms with Gasteiger partial charge < -0.3 is 13.7 Å². The maximum absolute atomic E-state index is 3.09. The van der Waals surface area contributed by atoms with Gasteiger partial charge in [-0.25, -0.2) is 0 Å². The Bertz CT molecular complexity index is 3840. The number of hydrogen-bond acceptors (Lipinski definition) is 0. The molecule has 0 saturated carbocycles. The number of para-hydroxylation sites is 5. The van der Waals surface area contributed by atoms with Gasteiger partial charge >= 0.3 is 0 Å². The molecule has 0 N–H and O–H groups in total. The van der Waals surface area contributed by atoms with Gasteiger partial charge in [-0.15, -0.1) is 0 Å². The molecular formula is C60H41N3Si. The summed E-state index contributed by atoms with van der Waals surface area (Å²) in [5.74, 6) is 0. The second-order valence-corrected chi connectivity index (χ2v) is 20.6. The zero-order valence-electron chi connectivity index (χ0n) is 35.0. The highest BCUT2D eigenvalue weighted by molar-refractivity contribution is 7.21. The summed E-state index contributed by atoms with van der Waals surface area (Å²) in [6, 6.07) is 92.5. The topological polar surface area (TPSA) is 14.8 Å².